The lowest BCUT2D eigenvalue weighted by atomic mass is 9.96. The van der Waals surface area contributed by atoms with Crippen molar-refractivity contribution in [3.8, 4) is 0 Å². The number of rotatable bonds is 9. The smallest absolute Gasteiger partial charge is 0.277 e. The van der Waals surface area contributed by atoms with Gasteiger partial charge in [-0.1, -0.05) is 80.6 Å². The number of nitrogens with one attached hydrogen (secondary N) is 1. The van der Waals surface area contributed by atoms with E-state index in [1.165, 1.54) is 16.0 Å². The molecule has 1 aromatic heterocycles. The van der Waals surface area contributed by atoms with Gasteiger partial charge < -0.3 is 10.1 Å². The molecule has 0 spiro atoms. The second kappa shape index (κ2) is 12.1. The van der Waals surface area contributed by atoms with Crippen LogP contribution in [0.4, 0.5) is 0 Å². The van der Waals surface area contributed by atoms with E-state index in [4.69, 9.17) is 0 Å². The van der Waals surface area contributed by atoms with E-state index in [1.54, 1.807) is 24.4 Å². The number of amides is 3. The molecule has 0 saturated heterocycles. The van der Waals surface area contributed by atoms with Crippen LogP contribution in [0.1, 0.15) is 35.5 Å². The van der Waals surface area contributed by atoms with Gasteiger partial charge in [-0.15, -0.1) is 0 Å². The van der Waals surface area contributed by atoms with Crippen LogP contribution < -0.4 is 5.32 Å². The minimum Gasteiger partial charge on any atom is -0.345 e. The predicted octanol–water partition coefficient (Wildman–Crippen LogP) is 3.32. The summed E-state index contributed by atoms with van der Waals surface area (Å²) in [6.07, 6.45) is 4.18. The fourth-order valence-corrected chi connectivity index (χ4v) is 4.49. The molecule has 2 heterocycles. The summed E-state index contributed by atoms with van der Waals surface area (Å²) in [5.41, 5.74) is 2.21. The van der Waals surface area contributed by atoms with Crippen molar-refractivity contribution in [2.24, 2.45) is 5.92 Å². The fraction of sp³-hybridized carbons (Fsp3) is 0.233. The number of benzene rings is 2. The molecule has 8 heteroatoms. The largest absolute Gasteiger partial charge is 0.345 e. The third kappa shape index (κ3) is 6.03. The van der Waals surface area contributed by atoms with Gasteiger partial charge in [0.05, 0.1) is 11.7 Å². The Balaban J connectivity index is 1.65. The number of carbonyl (C=O) groups is 4. The van der Waals surface area contributed by atoms with Crippen LogP contribution in [0.15, 0.2) is 91.3 Å². The molecule has 0 saturated carbocycles. The van der Waals surface area contributed by atoms with E-state index in [0.29, 0.717) is 24.0 Å². The second-order valence-corrected chi connectivity index (χ2v) is 9.42. The van der Waals surface area contributed by atoms with Crippen molar-refractivity contribution in [3.05, 3.63) is 108 Å². The van der Waals surface area contributed by atoms with Crippen LogP contribution in [-0.4, -0.2) is 57.4 Å². The Morgan fingerprint density at radius 3 is 2.24 bits per heavy atom. The molecule has 1 unspecified atom stereocenters. The van der Waals surface area contributed by atoms with Crippen LogP contribution in [0.5, 0.6) is 0 Å². The van der Waals surface area contributed by atoms with Crippen molar-refractivity contribution in [2.75, 3.05) is 6.54 Å². The van der Waals surface area contributed by atoms with Gasteiger partial charge >= 0.3 is 0 Å². The second-order valence-electron chi connectivity index (χ2n) is 9.42. The molecule has 0 aliphatic carbocycles. The number of hydrogen-bond acceptors (Lipinski definition) is 5. The number of hydrogen-bond donors (Lipinski definition) is 1. The summed E-state index contributed by atoms with van der Waals surface area (Å²) < 4.78 is 0. The highest BCUT2D eigenvalue weighted by atomic mass is 16.2. The molecular formula is C30H30N4O4. The molecule has 3 aromatic rings. The summed E-state index contributed by atoms with van der Waals surface area (Å²) in [7, 11) is 0. The Hall–Kier alpha value is -4.59. The van der Waals surface area contributed by atoms with Gasteiger partial charge in [-0.2, -0.15) is 0 Å². The predicted molar refractivity (Wildman–Crippen MR) is 143 cm³/mol. The van der Waals surface area contributed by atoms with Crippen molar-refractivity contribution in [2.45, 2.75) is 32.4 Å². The summed E-state index contributed by atoms with van der Waals surface area (Å²) in [6.45, 7) is 3.40. The molecule has 38 heavy (non-hydrogen) atoms. The van der Waals surface area contributed by atoms with Crippen LogP contribution in [-0.2, 0) is 20.8 Å². The molecule has 0 fully saturated rings. The number of carbonyl (C=O) groups excluding carboxylic acids is 4. The Bertz CT molecular complexity index is 1310. The standard InChI is InChI=1S/C30H30N4O4/c1-21(2)28-30(38)33(19-27(36)32-24(20-35)17-22-11-5-3-6-12-22)26(23-13-7-4-8-14-23)18-34(28)29(37)25-15-9-10-16-31-25/h3-16,18,20-21,24,28H,17,19H2,1-2H3,(H,32,36)/t24-,28?/m0/s1. The first kappa shape index (κ1) is 26.5. The molecule has 1 aliphatic rings. The zero-order chi connectivity index (χ0) is 27.1. The van der Waals surface area contributed by atoms with Crippen molar-refractivity contribution in [3.63, 3.8) is 0 Å². The van der Waals surface area contributed by atoms with E-state index in [2.05, 4.69) is 10.3 Å². The van der Waals surface area contributed by atoms with Crippen molar-refractivity contribution in [1.82, 2.24) is 20.1 Å². The zero-order valence-corrected chi connectivity index (χ0v) is 21.4. The van der Waals surface area contributed by atoms with Gasteiger partial charge in [0.15, 0.2) is 0 Å². The average Bonchev–Trinajstić information content (AvgIpc) is 2.94. The van der Waals surface area contributed by atoms with Crippen molar-refractivity contribution < 1.29 is 19.2 Å². The van der Waals surface area contributed by atoms with E-state index in [-0.39, 0.29) is 24.1 Å². The Labute approximate surface area is 222 Å². The lowest BCUT2D eigenvalue weighted by Crippen LogP contribution is -2.56. The SMILES string of the molecule is CC(C)C1C(=O)N(CC(=O)N[C@H](C=O)Cc2ccccc2)C(c2ccccc2)=CN1C(=O)c1ccccn1. The minimum absolute atomic E-state index is 0.218. The minimum atomic E-state index is -0.837. The maximum atomic E-state index is 13.9. The van der Waals surface area contributed by atoms with Gasteiger partial charge in [0, 0.05) is 12.4 Å². The van der Waals surface area contributed by atoms with Gasteiger partial charge in [0.2, 0.25) is 5.91 Å². The molecule has 0 bridgehead atoms. The highest BCUT2D eigenvalue weighted by Crippen LogP contribution is 2.30. The van der Waals surface area contributed by atoms with Gasteiger partial charge in [-0.05, 0) is 35.6 Å². The number of pyridine rings is 1. The highest BCUT2D eigenvalue weighted by Gasteiger charge is 2.41. The van der Waals surface area contributed by atoms with Crippen LogP contribution in [0.2, 0.25) is 0 Å². The number of aldehydes is 1. The molecule has 4 rings (SSSR count). The van der Waals surface area contributed by atoms with E-state index >= 15 is 0 Å². The average molecular weight is 511 g/mol. The van der Waals surface area contributed by atoms with Gasteiger partial charge in [-0.25, -0.2) is 0 Å². The van der Waals surface area contributed by atoms with Crippen LogP contribution in [0.25, 0.3) is 5.70 Å². The normalized spacial score (nSPS) is 16.1. The van der Waals surface area contributed by atoms with Crippen LogP contribution in [0.3, 0.4) is 0 Å². The summed E-state index contributed by atoms with van der Waals surface area (Å²) >= 11 is 0. The maximum absolute atomic E-state index is 13.9. The summed E-state index contributed by atoms with van der Waals surface area (Å²) in [4.78, 5) is 59.2. The van der Waals surface area contributed by atoms with E-state index in [9.17, 15) is 19.2 Å². The van der Waals surface area contributed by atoms with Crippen molar-refractivity contribution in [1.29, 1.82) is 0 Å². The Morgan fingerprint density at radius 2 is 1.63 bits per heavy atom. The van der Waals surface area contributed by atoms with Crippen LogP contribution >= 0.6 is 0 Å². The first-order valence-corrected chi connectivity index (χ1v) is 12.5. The first-order chi connectivity index (χ1) is 18.4. The lowest BCUT2D eigenvalue weighted by Gasteiger charge is -2.41. The van der Waals surface area contributed by atoms with Gasteiger partial charge in [-0.3, -0.25) is 29.2 Å². The number of nitrogens with zero attached hydrogens (tertiary/aromatic N) is 3. The topological polar surface area (TPSA) is 99.7 Å². The number of aromatic nitrogens is 1. The lowest BCUT2D eigenvalue weighted by molar-refractivity contribution is -0.138. The summed E-state index contributed by atoms with van der Waals surface area (Å²) in [5.74, 6) is -1.50. The van der Waals surface area contributed by atoms with Crippen molar-refractivity contribution >= 4 is 29.7 Å². The molecule has 0 radical (unpaired) electrons. The van der Waals surface area contributed by atoms with Crippen LogP contribution in [0, 0.1) is 5.92 Å². The van der Waals surface area contributed by atoms with Gasteiger partial charge in [0.1, 0.15) is 24.6 Å². The molecule has 194 valence electrons. The van der Waals surface area contributed by atoms with E-state index < -0.39 is 23.9 Å². The molecule has 1 aliphatic heterocycles. The quantitative estimate of drug-likeness (QED) is 0.445. The maximum Gasteiger partial charge on any atom is 0.277 e. The Kier molecular flexibility index (Phi) is 8.43. The summed E-state index contributed by atoms with van der Waals surface area (Å²) in [5, 5.41) is 2.74. The molecular weight excluding hydrogens is 480 g/mol. The first-order valence-electron chi connectivity index (χ1n) is 12.5. The molecule has 1 N–H and O–H groups in total. The van der Waals surface area contributed by atoms with E-state index in [1.807, 2.05) is 74.5 Å². The zero-order valence-electron chi connectivity index (χ0n) is 21.4. The van der Waals surface area contributed by atoms with E-state index in [0.717, 1.165) is 5.56 Å². The monoisotopic (exact) mass is 510 g/mol. The molecule has 2 aromatic carbocycles. The fourth-order valence-electron chi connectivity index (χ4n) is 4.49. The highest BCUT2D eigenvalue weighted by molar-refractivity contribution is 6.03. The molecule has 2 atom stereocenters. The molecule has 8 nitrogen and oxygen atoms in total. The Morgan fingerprint density at radius 1 is 0.974 bits per heavy atom. The van der Waals surface area contributed by atoms with Gasteiger partial charge in [0.25, 0.3) is 11.8 Å². The third-order valence-electron chi connectivity index (χ3n) is 6.30. The third-order valence-corrected chi connectivity index (χ3v) is 6.30. The molecule has 3 amide bonds. The summed E-state index contributed by atoms with van der Waals surface area (Å²) in [6, 6.07) is 21.9.